The zero-order valence-corrected chi connectivity index (χ0v) is 9.64. The lowest BCUT2D eigenvalue weighted by Gasteiger charge is -2.08. The van der Waals surface area contributed by atoms with Crippen LogP contribution in [-0.2, 0) is 11.2 Å². The first-order valence-corrected chi connectivity index (χ1v) is 6.10. The Morgan fingerprint density at radius 2 is 2.27 bits per heavy atom. The SMILES string of the molecule is CC(=O)Cc1nsc(NC2CCCC2)n1. The van der Waals surface area contributed by atoms with Crippen molar-refractivity contribution in [3.63, 3.8) is 0 Å². The predicted molar refractivity (Wildman–Crippen MR) is 60.2 cm³/mol. The van der Waals surface area contributed by atoms with Gasteiger partial charge in [0.05, 0.1) is 6.42 Å². The number of carbonyl (C=O) groups excluding carboxylic acids is 1. The van der Waals surface area contributed by atoms with Gasteiger partial charge in [0.2, 0.25) is 5.13 Å². The highest BCUT2D eigenvalue weighted by Gasteiger charge is 2.16. The van der Waals surface area contributed by atoms with Crippen LogP contribution in [0.5, 0.6) is 0 Å². The van der Waals surface area contributed by atoms with Crippen molar-refractivity contribution in [2.45, 2.75) is 45.1 Å². The normalized spacial score (nSPS) is 16.9. The number of rotatable bonds is 4. The molecule has 0 atom stereocenters. The van der Waals surface area contributed by atoms with Gasteiger partial charge in [0, 0.05) is 17.6 Å². The van der Waals surface area contributed by atoms with Crippen LogP contribution in [0.3, 0.4) is 0 Å². The largest absolute Gasteiger partial charge is 0.358 e. The number of aromatic nitrogens is 2. The molecular weight excluding hydrogens is 210 g/mol. The maximum Gasteiger partial charge on any atom is 0.202 e. The van der Waals surface area contributed by atoms with Crippen LogP contribution in [0.2, 0.25) is 0 Å². The molecule has 0 spiro atoms. The molecule has 82 valence electrons. The van der Waals surface area contributed by atoms with E-state index in [4.69, 9.17) is 0 Å². The van der Waals surface area contributed by atoms with E-state index in [1.165, 1.54) is 37.2 Å². The third kappa shape index (κ3) is 2.99. The second-order valence-electron chi connectivity index (χ2n) is 4.02. The van der Waals surface area contributed by atoms with E-state index < -0.39 is 0 Å². The van der Waals surface area contributed by atoms with Gasteiger partial charge in [0.25, 0.3) is 0 Å². The summed E-state index contributed by atoms with van der Waals surface area (Å²) in [7, 11) is 0. The Hall–Kier alpha value is -0.970. The Kier molecular flexibility index (Phi) is 3.30. The van der Waals surface area contributed by atoms with Crippen molar-refractivity contribution in [2.24, 2.45) is 0 Å². The fourth-order valence-corrected chi connectivity index (χ4v) is 2.51. The van der Waals surface area contributed by atoms with Gasteiger partial charge in [0.15, 0.2) is 5.82 Å². The molecule has 1 aliphatic carbocycles. The minimum atomic E-state index is 0.111. The van der Waals surface area contributed by atoms with Crippen molar-refractivity contribution in [1.82, 2.24) is 9.36 Å². The van der Waals surface area contributed by atoms with Gasteiger partial charge in [-0.3, -0.25) is 4.79 Å². The summed E-state index contributed by atoms with van der Waals surface area (Å²) in [6.07, 6.45) is 5.40. The fraction of sp³-hybridized carbons (Fsp3) is 0.700. The molecule has 4 nitrogen and oxygen atoms in total. The van der Waals surface area contributed by atoms with Crippen LogP contribution < -0.4 is 5.32 Å². The van der Waals surface area contributed by atoms with Gasteiger partial charge in [0.1, 0.15) is 5.78 Å². The standard InChI is InChI=1S/C10H15N3OS/c1-7(14)6-9-12-10(15-13-9)11-8-4-2-3-5-8/h8H,2-6H2,1H3,(H,11,12,13). The minimum absolute atomic E-state index is 0.111. The first kappa shape index (κ1) is 10.5. The maximum absolute atomic E-state index is 10.9. The molecule has 0 amide bonds. The molecule has 1 aromatic heterocycles. The second-order valence-corrected chi connectivity index (χ2v) is 4.77. The number of carbonyl (C=O) groups is 1. The van der Waals surface area contributed by atoms with Gasteiger partial charge in [-0.2, -0.15) is 4.37 Å². The molecule has 0 unspecified atom stereocenters. The number of nitrogens with zero attached hydrogens (tertiary/aromatic N) is 2. The van der Waals surface area contributed by atoms with Crippen LogP contribution >= 0.6 is 11.5 Å². The van der Waals surface area contributed by atoms with Crippen molar-refractivity contribution in [2.75, 3.05) is 5.32 Å². The second kappa shape index (κ2) is 4.70. The molecule has 0 bridgehead atoms. The quantitative estimate of drug-likeness (QED) is 0.851. The van der Waals surface area contributed by atoms with Gasteiger partial charge in [-0.25, -0.2) is 4.98 Å². The number of hydrogen-bond donors (Lipinski definition) is 1. The third-order valence-electron chi connectivity index (χ3n) is 2.56. The molecule has 0 saturated heterocycles. The average Bonchev–Trinajstić information content (AvgIpc) is 2.77. The lowest BCUT2D eigenvalue weighted by atomic mass is 10.3. The molecule has 2 rings (SSSR count). The van der Waals surface area contributed by atoms with E-state index in [0.717, 1.165) is 5.13 Å². The number of hydrogen-bond acceptors (Lipinski definition) is 5. The van der Waals surface area contributed by atoms with E-state index in [0.29, 0.717) is 18.3 Å². The van der Waals surface area contributed by atoms with Gasteiger partial charge >= 0.3 is 0 Å². The van der Waals surface area contributed by atoms with Crippen molar-refractivity contribution < 1.29 is 4.79 Å². The molecule has 0 aromatic carbocycles. The fourth-order valence-electron chi connectivity index (χ4n) is 1.85. The Labute approximate surface area is 93.3 Å². The van der Waals surface area contributed by atoms with Gasteiger partial charge < -0.3 is 5.32 Å². The number of anilines is 1. The van der Waals surface area contributed by atoms with E-state index >= 15 is 0 Å². The molecule has 1 aliphatic rings. The molecule has 15 heavy (non-hydrogen) atoms. The zero-order chi connectivity index (χ0) is 10.7. The molecule has 1 saturated carbocycles. The van der Waals surface area contributed by atoms with Crippen LogP contribution in [-0.4, -0.2) is 21.2 Å². The number of ketones is 1. The molecule has 0 radical (unpaired) electrons. The minimum Gasteiger partial charge on any atom is -0.358 e. The summed E-state index contributed by atoms with van der Waals surface area (Å²) < 4.78 is 4.15. The number of nitrogens with one attached hydrogen (secondary N) is 1. The predicted octanol–water partition coefficient (Wildman–Crippen LogP) is 2.02. The summed E-state index contributed by atoms with van der Waals surface area (Å²) in [5.41, 5.74) is 0. The lowest BCUT2D eigenvalue weighted by molar-refractivity contribution is -0.116. The van der Waals surface area contributed by atoms with Gasteiger partial charge in [-0.05, 0) is 19.8 Å². The van der Waals surface area contributed by atoms with E-state index in [9.17, 15) is 4.79 Å². The van der Waals surface area contributed by atoms with Crippen LogP contribution in [0, 0.1) is 0 Å². The van der Waals surface area contributed by atoms with Crippen LogP contribution in [0.1, 0.15) is 38.4 Å². The Balaban J connectivity index is 1.91. The molecule has 1 fully saturated rings. The summed E-state index contributed by atoms with van der Waals surface area (Å²) in [4.78, 5) is 15.2. The lowest BCUT2D eigenvalue weighted by Crippen LogP contribution is -2.14. The van der Waals surface area contributed by atoms with E-state index in [-0.39, 0.29) is 5.78 Å². The molecule has 1 N–H and O–H groups in total. The van der Waals surface area contributed by atoms with Crippen molar-refractivity contribution >= 4 is 22.4 Å². The Bertz CT molecular complexity index is 344. The van der Waals surface area contributed by atoms with Gasteiger partial charge in [-0.1, -0.05) is 12.8 Å². The zero-order valence-electron chi connectivity index (χ0n) is 8.82. The highest BCUT2D eigenvalue weighted by atomic mass is 32.1. The summed E-state index contributed by atoms with van der Waals surface area (Å²) >= 11 is 1.35. The Morgan fingerprint density at radius 3 is 2.93 bits per heavy atom. The summed E-state index contributed by atoms with van der Waals surface area (Å²) in [5.74, 6) is 0.758. The highest BCUT2D eigenvalue weighted by Crippen LogP contribution is 2.23. The average molecular weight is 225 g/mol. The summed E-state index contributed by atoms with van der Waals surface area (Å²) in [6, 6.07) is 0.558. The Morgan fingerprint density at radius 1 is 1.53 bits per heavy atom. The monoisotopic (exact) mass is 225 g/mol. The van der Waals surface area contributed by atoms with Crippen LogP contribution in [0.4, 0.5) is 5.13 Å². The van der Waals surface area contributed by atoms with E-state index in [1.54, 1.807) is 6.92 Å². The molecular formula is C10H15N3OS. The van der Waals surface area contributed by atoms with E-state index in [2.05, 4.69) is 14.7 Å². The molecule has 5 heteroatoms. The molecule has 1 heterocycles. The highest BCUT2D eigenvalue weighted by molar-refractivity contribution is 7.09. The van der Waals surface area contributed by atoms with Crippen molar-refractivity contribution in [3.8, 4) is 0 Å². The summed E-state index contributed by atoms with van der Waals surface area (Å²) in [6.45, 7) is 1.56. The molecule has 1 aromatic rings. The van der Waals surface area contributed by atoms with E-state index in [1.807, 2.05) is 0 Å². The van der Waals surface area contributed by atoms with Gasteiger partial charge in [-0.15, -0.1) is 0 Å². The van der Waals surface area contributed by atoms with Crippen LogP contribution in [0.25, 0.3) is 0 Å². The summed E-state index contributed by atoms with van der Waals surface area (Å²) in [5, 5.41) is 4.23. The van der Waals surface area contributed by atoms with Crippen molar-refractivity contribution in [3.05, 3.63) is 5.82 Å². The first-order valence-electron chi connectivity index (χ1n) is 5.32. The van der Waals surface area contributed by atoms with Crippen LogP contribution in [0.15, 0.2) is 0 Å². The smallest absolute Gasteiger partial charge is 0.202 e. The van der Waals surface area contributed by atoms with Crippen molar-refractivity contribution in [1.29, 1.82) is 0 Å². The molecule has 0 aliphatic heterocycles. The third-order valence-corrected chi connectivity index (χ3v) is 3.24. The maximum atomic E-state index is 10.9. The number of Topliss-reactive ketones (excluding diaryl/α,β-unsaturated/α-hetero) is 1. The first-order chi connectivity index (χ1) is 7.24. The topological polar surface area (TPSA) is 54.9 Å².